The van der Waals surface area contributed by atoms with Gasteiger partial charge < -0.3 is 9.73 Å². The highest BCUT2D eigenvalue weighted by Crippen LogP contribution is 2.39. The van der Waals surface area contributed by atoms with Crippen LogP contribution < -0.4 is 5.32 Å². The van der Waals surface area contributed by atoms with E-state index in [0.717, 1.165) is 31.0 Å². The standard InChI is InChI=1S/C14H24N2O/c1-14(8-4-3-5-9-14)12-11-16-13(17-12)7-6-10-15-2/h11,15H,3-10H2,1-2H3. The molecule has 0 bridgehead atoms. The van der Waals surface area contributed by atoms with Gasteiger partial charge in [0.1, 0.15) is 5.76 Å². The highest BCUT2D eigenvalue weighted by molar-refractivity contribution is 5.11. The monoisotopic (exact) mass is 236 g/mol. The molecule has 0 unspecified atom stereocenters. The third-order valence-electron chi connectivity index (χ3n) is 3.92. The molecule has 0 aromatic carbocycles. The second-order valence-electron chi connectivity index (χ2n) is 5.45. The number of nitrogens with one attached hydrogen (secondary N) is 1. The molecule has 0 saturated heterocycles. The van der Waals surface area contributed by atoms with Crippen molar-refractivity contribution in [2.45, 2.75) is 57.3 Å². The molecule has 1 heterocycles. The van der Waals surface area contributed by atoms with E-state index in [1.807, 2.05) is 13.2 Å². The number of oxazole rings is 1. The summed E-state index contributed by atoms with van der Waals surface area (Å²) < 4.78 is 5.93. The topological polar surface area (TPSA) is 38.1 Å². The molecule has 0 spiro atoms. The average Bonchev–Trinajstić information content (AvgIpc) is 2.80. The lowest BCUT2D eigenvalue weighted by molar-refractivity contribution is 0.260. The van der Waals surface area contributed by atoms with Gasteiger partial charge in [0.2, 0.25) is 0 Å². The van der Waals surface area contributed by atoms with Crippen LogP contribution in [0.4, 0.5) is 0 Å². The molecule has 3 heteroatoms. The van der Waals surface area contributed by atoms with Crippen molar-refractivity contribution in [2.24, 2.45) is 0 Å². The van der Waals surface area contributed by atoms with Gasteiger partial charge in [-0.3, -0.25) is 0 Å². The lowest BCUT2D eigenvalue weighted by Crippen LogP contribution is -2.24. The summed E-state index contributed by atoms with van der Waals surface area (Å²) in [5.41, 5.74) is 0.243. The van der Waals surface area contributed by atoms with Crippen LogP contribution >= 0.6 is 0 Å². The van der Waals surface area contributed by atoms with E-state index >= 15 is 0 Å². The Morgan fingerprint density at radius 3 is 2.82 bits per heavy atom. The van der Waals surface area contributed by atoms with Crippen LogP contribution in [0, 0.1) is 0 Å². The first-order valence-electron chi connectivity index (χ1n) is 6.84. The molecule has 1 aliphatic rings. The van der Waals surface area contributed by atoms with Gasteiger partial charge in [-0.05, 0) is 32.9 Å². The minimum atomic E-state index is 0.243. The predicted octanol–water partition coefficient (Wildman–Crippen LogP) is 3.05. The molecule has 0 aliphatic heterocycles. The van der Waals surface area contributed by atoms with E-state index in [0.29, 0.717) is 0 Å². The first-order valence-corrected chi connectivity index (χ1v) is 6.84. The molecule has 1 aliphatic carbocycles. The van der Waals surface area contributed by atoms with E-state index in [2.05, 4.69) is 17.2 Å². The van der Waals surface area contributed by atoms with Gasteiger partial charge in [0.05, 0.1) is 6.20 Å². The van der Waals surface area contributed by atoms with Crippen LogP contribution in [-0.4, -0.2) is 18.6 Å². The Hall–Kier alpha value is -0.830. The molecule has 1 aromatic rings. The summed E-state index contributed by atoms with van der Waals surface area (Å²) in [7, 11) is 1.98. The smallest absolute Gasteiger partial charge is 0.194 e. The van der Waals surface area contributed by atoms with Crippen molar-refractivity contribution in [3.8, 4) is 0 Å². The molecule has 3 nitrogen and oxygen atoms in total. The Morgan fingerprint density at radius 2 is 2.12 bits per heavy atom. The number of hydrogen-bond donors (Lipinski definition) is 1. The quantitative estimate of drug-likeness (QED) is 0.798. The second kappa shape index (κ2) is 5.67. The van der Waals surface area contributed by atoms with Crippen molar-refractivity contribution < 1.29 is 4.42 Å². The van der Waals surface area contributed by atoms with E-state index in [-0.39, 0.29) is 5.41 Å². The number of aryl methyl sites for hydroxylation is 1. The maximum atomic E-state index is 5.93. The van der Waals surface area contributed by atoms with Gasteiger partial charge in [-0.1, -0.05) is 26.2 Å². The first-order chi connectivity index (χ1) is 8.24. The molecule has 17 heavy (non-hydrogen) atoms. The summed E-state index contributed by atoms with van der Waals surface area (Å²) in [6.45, 7) is 3.35. The fraction of sp³-hybridized carbons (Fsp3) is 0.786. The molecule has 96 valence electrons. The van der Waals surface area contributed by atoms with Gasteiger partial charge in [0, 0.05) is 11.8 Å². The van der Waals surface area contributed by atoms with Gasteiger partial charge >= 0.3 is 0 Å². The molecule has 0 atom stereocenters. The number of rotatable bonds is 5. The molecular formula is C14H24N2O. The van der Waals surface area contributed by atoms with E-state index in [9.17, 15) is 0 Å². The molecule has 1 fully saturated rings. The average molecular weight is 236 g/mol. The summed E-state index contributed by atoms with van der Waals surface area (Å²) in [5.74, 6) is 2.01. The Labute approximate surface area is 104 Å². The maximum Gasteiger partial charge on any atom is 0.194 e. The molecular weight excluding hydrogens is 212 g/mol. The lowest BCUT2D eigenvalue weighted by atomic mass is 9.74. The van der Waals surface area contributed by atoms with Gasteiger partial charge in [0.15, 0.2) is 5.89 Å². The minimum absolute atomic E-state index is 0.243. The number of nitrogens with zero attached hydrogens (tertiary/aromatic N) is 1. The zero-order chi connectivity index (χ0) is 12.1. The van der Waals surface area contributed by atoms with Crippen LogP contribution in [0.2, 0.25) is 0 Å². The second-order valence-corrected chi connectivity index (χ2v) is 5.45. The largest absolute Gasteiger partial charge is 0.445 e. The fourth-order valence-corrected chi connectivity index (χ4v) is 2.70. The van der Waals surface area contributed by atoms with Crippen molar-refractivity contribution in [3.05, 3.63) is 17.8 Å². The molecule has 2 rings (SSSR count). The van der Waals surface area contributed by atoms with E-state index in [4.69, 9.17) is 4.42 Å². The molecule has 0 radical (unpaired) electrons. The lowest BCUT2D eigenvalue weighted by Gasteiger charge is -2.30. The Bertz CT molecular complexity index is 340. The highest BCUT2D eigenvalue weighted by atomic mass is 16.4. The highest BCUT2D eigenvalue weighted by Gasteiger charge is 2.32. The van der Waals surface area contributed by atoms with Crippen molar-refractivity contribution in [1.29, 1.82) is 0 Å². The number of hydrogen-bond acceptors (Lipinski definition) is 3. The zero-order valence-corrected chi connectivity index (χ0v) is 11.1. The predicted molar refractivity (Wildman–Crippen MR) is 69.2 cm³/mol. The molecule has 1 N–H and O–H groups in total. The van der Waals surface area contributed by atoms with Crippen LogP contribution in [0.1, 0.15) is 57.1 Å². The van der Waals surface area contributed by atoms with Crippen LogP contribution in [0.3, 0.4) is 0 Å². The Morgan fingerprint density at radius 1 is 1.35 bits per heavy atom. The van der Waals surface area contributed by atoms with Crippen molar-refractivity contribution in [1.82, 2.24) is 10.3 Å². The summed E-state index contributed by atoms with van der Waals surface area (Å²) in [6.07, 6.45) is 10.5. The minimum Gasteiger partial charge on any atom is -0.445 e. The van der Waals surface area contributed by atoms with Crippen LogP contribution in [0.25, 0.3) is 0 Å². The zero-order valence-electron chi connectivity index (χ0n) is 11.1. The van der Waals surface area contributed by atoms with Crippen molar-refractivity contribution in [3.63, 3.8) is 0 Å². The van der Waals surface area contributed by atoms with Gasteiger partial charge in [-0.15, -0.1) is 0 Å². The van der Waals surface area contributed by atoms with Crippen LogP contribution in [0.15, 0.2) is 10.6 Å². The molecule has 1 saturated carbocycles. The normalized spacial score (nSPS) is 19.4. The third kappa shape index (κ3) is 3.09. The molecule has 1 aromatic heterocycles. The van der Waals surface area contributed by atoms with Gasteiger partial charge in [-0.25, -0.2) is 4.98 Å². The SMILES string of the molecule is CNCCCc1ncc(C2(C)CCCCC2)o1. The Kier molecular flexibility index (Phi) is 4.21. The van der Waals surface area contributed by atoms with Crippen molar-refractivity contribution in [2.75, 3.05) is 13.6 Å². The first kappa shape index (κ1) is 12.6. The van der Waals surface area contributed by atoms with Crippen LogP contribution in [-0.2, 0) is 11.8 Å². The van der Waals surface area contributed by atoms with Gasteiger partial charge in [-0.2, -0.15) is 0 Å². The summed E-state index contributed by atoms with van der Waals surface area (Å²) in [5, 5.41) is 3.15. The maximum absolute atomic E-state index is 5.93. The van der Waals surface area contributed by atoms with Crippen molar-refractivity contribution >= 4 is 0 Å². The van der Waals surface area contributed by atoms with E-state index in [1.54, 1.807) is 0 Å². The fourth-order valence-electron chi connectivity index (χ4n) is 2.70. The van der Waals surface area contributed by atoms with E-state index in [1.165, 1.54) is 32.1 Å². The van der Waals surface area contributed by atoms with Gasteiger partial charge in [0.25, 0.3) is 0 Å². The number of aromatic nitrogens is 1. The summed E-state index contributed by atoms with van der Waals surface area (Å²) >= 11 is 0. The Balaban J connectivity index is 1.96. The van der Waals surface area contributed by atoms with E-state index < -0.39 is 0 Å². The van der Waals surface area contributed by atoms with Crippen LogP contribution in [0.5, 0.6) is 0 Å². The summed E-state index contributed by atoms with van der Waals surface area (Å²) in [6, 6.07) is 0. The molecule has 0 amide bonds. The summed E-state index contributed by atoms with van der Waals surface area (Å²) in [4.78, 5) is 4.41. The third-order valence-corrected chi connectivity index (χ3v) is 3.92.